The second-order valence-electron chi connectivity index (χ2n) is 5.58. The lowest BCUT2D eigenvalue weighted by atomic mass is 10.1. The van der Waals surface area contributed by atoms with Crippen LogP contribution >= 0.6 is 0 Å². The highest BCUT2D eigenvalue weighted by molar-refractivity contribution is 5.91. The molecular weight excluding hydrogens is 278 g/mol. The molecule has 6 nitrogen and oxygen atoms in total. The third-order valence-corrected chi connectivity index (χ3v) is 3.22. The van der Waals surface area contributed by atoms with E-state index in [4.69, 9.17) is 0 Å². The molecule has 0 aliphatic carbocycles. The molecule has 0 fully saturated rings. The van der Waals surface area contributed by atoms with Gasteiger partial charge in [0, 0.05) is 17.7 Å². The number of benzene rings is 1. The molecule has 22 heavy (non-hydrogen) atoms. The third kappa shape index (κ3) is 3.11. The summed E-state index contributed by atoms with van der Waals surface area (Å²) in [6.07, 6.45) is 2.09. The van der Waals surface area contributed by atoms with Gasteiger partial charge in [0.2, 0.25) is 5.91 Å². The van der Waals surface area contributed by atoms with E-state index in [0.29, 0.717) is 18.0 Å². The van der Waals surface area contributed by atoms with Crippen molar-refractivity contribution in [2.45, 2.75) is 20.3 Å². The molecule has 3 rings (SSSR count). The molecular formula is C16H17N5O. The van der Waals surface area contributed by atoms with Crippen LogP contribution in [-0.2, 0) is 4.79 Å². The van der Waals surface area contributed by atoms with Crippen LogP contribution in [0, 0.1) is 5.92 Å². The van der Waals surface area contributed by atoms with Crippen LogP contribution < -0.4 is 5.32 Å². The van der Waals surface area contributed by atoms with Gasteiger partial charge >= 0.3 is 0 Å². The first-order valence-corrected chi connectivity index (χ1v) is 7.19. The minimum Gasteiger partial charge on any atom is -0.326 e. The van der Waals surface area contributed by atoms with Gasteiger partial charge in [0.1, 0.15) is 6.33 Å². The van der Waals surface area contributed by atoms with Crippen molar-refractivity contribution >= 4 is 17.2 Å². The van der Waals surface area contributed by atoms with Gasteiger partial charge in [-0.15, -0.1) is 10.2 Å². The molecule has 3 aromatic rings. The van der Waals surface area contributed by atoms with Crippen LogP contribution in [0.2, 0.25) is 0 Å². The summed E-state index contributed by atoms with van der Waals surface area (Å²) in [7, 11) is 0. The van der Waals surface area contributed by atoms with Gasteiger partial charge in [-0.25, -0.2) is 0 Å². The number of rotatable bonds is 4. The highest BCUT2D eigenvalue weighted by Gasteiger charge is 2.06. The molecule has 0 atom stereocenters. The lowest BCUT2D eigenvalue weighted by Crippen LogP contribution is -2.13. The molecule has 2 aromatic heterocycles. The molecule has 0 aliphatic rings. The fourth-order valence-corrected chi connectivity index (χ4v) is 2.19. The summed E-state index contributed by atoms with van der Waals surface area (Å²) in [5.41, 5.74) is 3.30. The Kier molecular flexibility index (Phi) is 3.82. The average Bonchev–Trinajstić information content (AvgIpc) is 2.94. The molecule has 2 heterocycles. The Balaban J connectivity index is 1.77. The monoisotopic (exact) mass is 295 g/mol. The van der Waals surface area contributed by atoms with Crippen LogP contribution in [0.15, 0.2) is 42.7 Å². The van der Waals surface area contributed by atoms with E-state index in [1.54, 1.807) is 10.8 Å². The van der Waals surface area contributed by atoms with Crippen molar-refractivity contribution < 1.29 is 4.79 Å². The van der Waals surface area contributed by atoms with Gasteiger partial charge < -0.3 is 5.32 Å². The Morgan fingerprint density at radius 3 is 2.68 bits per heavy atom. The summed E-state index contributed by atoms with van der Waals surface area (Å²) >= 11 is 0. The number of nitrogens with zero attached hydrogens (tertiary/aromatic N) is 4. The van der Waals surface area contributed by atoms with Gasteiger partial charge in [-0.1, -0.05) is 26.0 Å². The van der Waals surface area contributed by atoms with E-state index in [-0.39, 0.29) is 5.91 Å². The molecule has 1 N–H and O–H groups in total. The standard InChI is InChI=1S/C16H17N5O/c1-11(2)9-16(22)18-13-5-3-12(4-6-13)14-7-8-15-19-17-10-21(15)20-14/h3-8,10-11H,9H2,1-2H3,(H,18,22). The van der Waals surface area contributed by atoms with Crippen molar-refractivity contribution in [2.24, 2.45) is 5.92 Å². The molecule has 0 unspecified atom stereocenters. The second-order valence-corrected chi connectivity index (χ2v) is 5.58. The number of hydrogen-bond donors (Lipinski definition) is 1. The van der Waals surface area contributed by atoms with Gasteiger partial charge in [0.05, 0.1) is 5.69 Å². The summed E-state index contributed by atoms with van der Waals surface area (Å²) in [4.78, 5) is 11.8. The predicted molar refractivity (Wildman–Crippen MR) is 84.3 cm³/mol. The molecule has 0 saturated carbocycles. The number of carbonyl (C=O) groups is 1. The van der Waals surface area contributed by atoms with Gasteiger partial charge in [-0.05, 0) is 30.2 Å². The Morgan fingerprint density at radius 2 is 1.95 bits per heavy atom. The van der Waals surface area contributed by atoms with E-state index in [0.717, 1.165) is 16.9 Å². The van der Waals surface area contributed by atoms with Gasteiger partial charge in [-0.2, -0.15) is 9.61 Å². The van der Waals surface area contributed by atoms with Crippen molar-refractivity contribution in [1.82, 2.24) is 19.8 Å². The number of fused-ring (bicyclic) bond motifs is 1. The summed E-state index contributed by atoms with van der Waals surface area (Å²) in [6.45, 7) is 4.05. The maximum Gasteiger partial charge on any atom is 0.224 e. The molecule has 112 valence electrons. The molecule has 1 aromatic carbocycles. The van der Waals surface area contributed by atoms with Crippen molar-refractivity contribution in [2.75, 3.05) is 5.32 Å². The quantitative estimate of drug-likeness (QED) is 0.803. The number of amides is 1. The van der Waals surface area contributed by atoms with Crippen LogP contribution in [0.3, 0.4) is 0 Å². The topological polar surface area (TPSA) is 72.2 Å². The summed E-state index contributed by atoms with van der Waals surface area (Å²) < 4.78 is 1.63. The maximum absolute atomic E-state index is 11.8. The molecule has 0 aliphatic heterocycles. The van der Waals surface area contributed by atoms with Crippen molar-refractivity contribution in [3.63, 3.8) is 0 Å². The van der Waals surface area contributed by atoms with E-state index in [1.807, 2.05) is 50.2 Å². The fourth-order valence-electron chi connectivity index (χ4n) is 2.19. The Bertz CT molecular complexity index is 792. The smallest absolute Gasteiger partial charge is 0.224 e. The third-order valence-electron chi connectivity index (χ3n) is 3.22. The molecule has 0 bridgehead atoms. The van der Waals surface area contributed by atoms with Crippen LogP contribution in [0.1, 0.15) is 20.3 Å². The van der Waals surface area contributed by atoms with Crippen LogP contribution in [0.25, 0.3) is 16.9 Å². The van der Waals surface area contributed by atoms with E-state index < -0.39 is 0 Å². The Morgan fingerprint density at radius 1 is 1.18 bits per heavy atom. The predicted octanol–water partition coefficient (Wildman–Crippen LogP) is 2.78. The second kappa shape index (κ2) is 5.93. The maximum atomic E-state index is 11.8. The molecule has 0 spiro atoms. The van der Waals surface area contributed by atoms with Gasteiger partial charge in [0.25, 0.3) is 0 Å². The van der Waals surface area contributed by atoms with E-state index in [9.17, 15) is 4.79 Å². The van der Waals surface area contributed by atoms with Crippen LogP contribution in [0.4, 0.5) is 5.69 Å². The number of anilines is 1. The Hall–Kier alpha value is -2.76. The lowest BCUT2D eigenvalue weighted by Gasteiger charge is -2.08. The minimum absolute atomic E-state index is 0.0341. The van der Waals surface area contributed by atoms with Crippen molar-refractivity contribution in [1.29, 1.82) is 0 Å². The minimum atomic E-state index is 0.0341. The SMILES string of the molecule is CC(C)CC(=O)Nc1ccc(-c2ccc3nncn3n2)cc1. The molecule has 6 heteroatoms. The molecule has 0 radical (unpaired) electrons. The number of aromatic nitrogens is 4. The number of hydrogen-bond acceptors (Lipinski definition) is 4. The average molecular weight is 295 g/mol. The van der Waals surface area contributed by atoms with Crippen LogP contribution in [0.5, 0.6) is 0 Å². The zero-order chi connectivity index (χ0) is 15.5. The summed E-state index contributed by atoms with van der Waals surface area (Å²) in [6, 6.07) is 11.4. The number of nitrogens with one attached hydrogen (secondary N) is 1. The first-order chi connectivity index (χ1) is 10.6. The van der Waals surface area contributed by atoms with E-state index in [1.165, 1.54) is 0 Å². The summed E-state index contributed by atoms with van der Waals surface area (Å²) in [5, 5.41) is 15.1. The highest BCUT2D eigenvalue weighted by Crippen LogP contribution is 2.20. The highest BCUT2D eigenvalue weighted by atomic mass is 16.1. The van der Waals surface area contributed by atoms with Crippen molar-refractivity contribution in [3.8, 4) is 11.3 Å². The van der Waals surface area contributed by atoms with E-state index >= 15 is 0 Å². The lowest BCUT2D eigenvalue weighted by molar-refractivity contribution is -0.116. The first kappa shape index (κ1) is 14.2. The normalized spacial score (nSPS) is 11.0. The molecule has 1 amide bonds. The fraction of sp³-hybridized carbons (Fsp3) is 0.250. The zero-order valence-electron chi connectivity index (χ0n) is 12.5. The van der Waals surface area contributed by atoms with Gasteiger partial charge in [-0.3, -0.25) is 4.79 Å². The van der Waals surface area contributed by atoms with Crippen LogP contribution in [-0.4, -0.2) is 25.7 Å². The first-order valence-electron chi connectivity index (χ1n) is 7.19. The van der Waals surface area contributed by atoms with Gasteiger partial charge in [0.15, 0.2) is 5.65 Å². The van der Waals surface area contributed by atoms with Crippen molar-refractivity contribution in [3.05, 3.63) is 42.7 Å². The van der Waals surface area contributed by atoms with E-state index in [2.05, 4.69) is 20.6 Å². The largest absolute Gasteiger partial charge is 0.326 e. The molecule has 0 saturated heterocycles. The summed E-state index contributed by atoms with van der Waals surface area (Å²) in [5.74, 6) is 0.380. The number of carbonyl (C=O) groups excluding carboxylic acids is 1. The zero-order valence-corrected chi connectivity index (χ0v) is 12.5. The Labute approximate surface area is 128 Å².